The van der Waals surface area contributed by atoms with Crippen LogP contribution >= 0.6 is 0 Å². The predicted molar refractivity (Wildman–Crippen MR) is 75.4 cm³/mol. The molecule has 0 aromatic heterocycles. The minimum absolute atomic E-state index is 0.125. The summed E-state index contributed by atoms with van der Waals surface area (Å²) in [5, 5.41) is 8.69. The van der Waals surface area contributed by atoms with Gasteiger partial charge in [-0.05, 0) is 37.5 Å². The lowest BCUT2D eigenvalue weighted by atomic mass is 10.0. The molecule has 116 valence electrons. The monoisotopic (exact) mass is 304 g/mol. The minimum atomic E-state index is -3.34. The van der Waals surface area contributed by atoms with Crippen molar-refractivity contribution in [2.24, 2.45) is 11.8 Å². The average molecular weight is 304 g/mol. The van der Waals surface area contributed by atoms with Crippen LogP contribution in [0.1, 0.15) is 39.0 Å². The Bertz CT molecular complexity index is 443. The van der Waals surface area contributed by atoms with E-state index < -0.39 is 16.2 Å². The van der Waals surface area contributed by atoms with Crippen LogP contribution in [0.4, 0.5) is 0 Å². The summed E-state index contributed by atoms with van der Waals surface area (Å²) >= 11 is 0. The molecule has 2 saturated heterocycles. The van der Waals surface area contributed by atoms with Crippen LogP contribution in [0, 0.1) is 11.8 Å². The van der Waals surface area contributed by atoms with E-state index in [0.29, 0.717) is 38.5 Å². The molecule has 0 aromatic carbocycles. The van der Waals surface area contributed by atoms with Crippen LogP contribution in [0.5, 0.6) is 0 Å². The molecular weight excluding hydrogens is 280 g/mol. The van der Waals surface area contributed by atoms with Crippen LogP contribution in [0.3, 0.4) is 0 Å². The van der Waals surface area contributed by atoms with Gasteiger partial charge < -0.3 is 5.11 Å². The number of hydrogen-bond acceptors (Lipinski definition) is 3. The third kappa shape index (κ3) is 3.71. The van der Waals surface area contributed by atoms with E-state index in [1.54, 1.807) is 4.31 Å². The van der Waals surface area contributed by atoms with Crippen LogP contribution in [-0.2, 0) is 15.0 Å². The Kier molecular flexibility index (Phi) is 5.04. The Balaban J connectivity index is 1.89. The molecule has 0 saturated carbocycles. The second-order valence-electron chi connectivity index (χ2n) is 6.03. The maximum Gasteiger partial charge on any atom is 0.303 e. The number of hydrogen-bond donors (Lipinski definition) is 1. The van der Waals surface area contributed by atoms with Gasteiger partial charge in [-0.1, -0.05) is 6.92 Å². The van der Waals surface area contributed by atoms with Crippen molar-refractivity contribution in [1.29, 1.82) is 0 Å². The molecule has 2 aliphatic rings. The lowest BCUT2D eigenvalue weighted by Crippen LogP contribution is -2.46. The van der Waals surface area contributed by atoms with Crippen molar-refractivity contribution in [3.63, 3.8) is 0 Å². The zero-order valence-corrected chi connectivity index (χ0v) is 12.8. The van der Waals surface area contributed by atoms with E-state index in [1.165, 1.54) is 4.31 Å². The maximum absolute atomic E-state index is 12.5. The van der Waals surface area contributed by atoms with Crippen LogP contribution < -0.4 is 0 Å². The van der Waals surface area contributed by atoms with Gasteiger partial charge in [-0.2, -0.15) is 17.0 Å². The molecule has 0 spiro atoms. The first-order chi connectivity index (χ1) is 9.39. The van der Waals surface area contributed by atoms with Crippen molar-refractivity contribution in [3.05, 3.63) is 0 Å². The van der Waals surface area contributed by atoms with Crippen LogP contribution in [-0.4, -0.2) is 54.3 Å². The maximum atomic E-state index is 12.5. The van der Waals surface area contributed by atoms with E-state index in [1.807, 2.05) is 0 Å². The van der Waals surface area contributed by atoms with Crippen molar-refractivity contribution < 1.29 is 18.3 Å². The first-order valence-electron chi connectivity index (χ1n) is 7.36. The summed E-state index contributed by atoms with van der Waals surface area (Å²) in [4.78, 5) is 10.6. The molecule has 0 aliphatic carbocycles. The SMILES string of the molecule is CC1CCN(S(=O)(=O)N2CCC(CCC(=O)O)C2)CC1. The summed E-state index contributed by atoms with van der Waals surface area (Å²) in [7, 11) is -3.34. The zero-order chi connectivity index (χ0) is 14.8. The number of rotatable bonds is 5. The number of carboxylic acid groups (broad SMARTS) is 1. The molecule has 6 nitrogen and oxygen atoms in total. The molecule has 0 radical (unpaired) electrons. The third-order valence-corrected chi connectivity index (χ3v) is 6.41. The van der Waals surface area contributed by atoms with Crippen molar-refractivity contribution in [1.82, 2.24) is 8.61 Å². The predicted octanol–water partition coefficient (Wildman–Crippen LogP) is 1.15. The summed E-state index contributed by atoms with van der Waals surface area (Å²) in [5.41, 5.74) is 0. The van der Waals surface area contributed by atoms with Crippen molar-refractivity contribution in [2.75, 3.05) is 26.2 Å². The van der Waals surface area contributed by atoms with E-state index in [4.69, 9.17) is 5.11 Å². The topological polar surface area (TPSA) is 77.9 Å². The van der Waals surface area contributed by atoms with Crippen LogP contribution in [0.25, 0.3) is 0 Å². The van der Waals surface area contributed by atoms with Gasteiger partial charge in [-0.25, -0.2) is 0 Å². The number of nitrogens with zero attached hydrogens (tertiary/aromatic N) is 2. The summed E-state index contributed by atoms with van der Waals surface area (Å²) in [6.07, 6.45) is 3.32. The molecule has 0 amide bonds. The second kappa shape index (κ2) is 6.41. The molecule has 0 bridgehead atoms. The molecule has 2 heterocycles. The fourth-order valence-corrected chi connectivity index (χ4v) is 4.68. The van der Waals surface area contributed by atoms with E-state index in [9.17, 15) is 13.2 Å². The molecule has 1 atom stereocenters. The molecule has 0 aromatic rings. The van der Waals surface area contributed by atoms with E-state index in [-0.39, 0.29) is 12.3 Å². The van der Waals surface area contributed by atoms with E-state index >= 15 is 0 Å². The highest BCUT2D eigenvalue weighted by Gasteiger charge is 2.36. The van der Waals surface area contributed by atoms with Gasteiger partial charge in [0.15, 0.2) is 0 Å². The zero-order valence-electron chi connectivity index (χ0n) is 12.0. The van der Waals surface area contributed by atoms with Gasteiger partial charge in [-0.15, -0.1) is 0 Å². The van der Waals surface area contributed by atoms with Gasteiger partial charge in [0.1, 0.15) is 0 Å². The van der Waals surface area contributed by atoms with Gasteiger partial charge in [0.05, 0.1) is 0 Å². The molecule has 2 aliphatic heterocycles. The third-order valence-electron chi connectivity index (χ3n) is 4.41. The lowest BCUT2D eigenvalue weighted by molar-refractivity contribution is -0.137. The fraction of sp³-hybridized carbons (Fsp3) is 0.923. The lowest BCUT2D eigenvalue weighted by Gasteiger charge is -2.32. The highest BCUT2D eigenvalue weighted by molar-refractivity contribution is 7.86. The Morgan fingerprint density at radius 1 is 1.15 bits per heavy atom. The van der Waals surface area contributed by atoms with Gasteiger partial charge in [0.2, 0.25) is 0 Å². The first-order valence-corrected chi connectivity index (χ1v) is 8.76. The highest BCUT2D eigenvalue weighted by atomic mass is 32.2. The molecule has 2 fully saturated rings. The molecule has 7 heteroatoms. The molecule has 1 N–H and O–H groups in total. The summed E-state index contributed by atoms with van der Waals surface area (Å²) in [5.74, 6) is -0.0238. The minimum Gasteiger partial charge on any atom is -0.481 e. The molecule has 1 unspecified atom stereocenters. The van der Waals surface area contributed by atoms with Gasteiger partial charge in [-0.3, -0.25) is 4.79 Å². The van der Waals surface area contributed by atoms with Crippen molar-refractivity contribution in [2.45, 2.75) is 39.0 Å². The Hall–Kier alpha value is -0.660. The van der Waals surface area contributed by atoms with E-state index in [0.717, 1.165) is 19.3 Å². The van der Waals surface area contributed by atoms with Crippen LogP contribution in [0.15, 0.2) is 0 Å². The van der Waals surface area contributed by atoms with Gasteiger partial charge in [0.25, 0.3) is 10.2 Å². The Morgan fingerprint density at radius 2 is 1.75 bits per heavy atom. The van der Waals surface area contributed by atoms with E-state index in [2.05, 4.69) is 6.92 Å². The summed E-state index contributed by atoms with van der Waals surface area (Å²) < 4.78 is 28.2. The molecule has 20 heavy (non-hydrogen) atoms. The van der Waals surface area contributed by atoms with Crippen molar-refractivity contribution in [3.8, 4) is 0 Å². The largest absolute Gasteiger partial charge is 0.481 e. The Labute approximate surface area is 120 Å². The normalized spacial score (nSPS) is 26.9. The van der Waals surface area contributed by atoms with Crippen molar-refractivity contribution >= 4 is 16.2 Å². The summed E-state index contributed by atoms with van der Waals surface area (Å²) in [6, 6.07) is 0. The quantitative estimate of drug-likeness (QED) is 0.826. The number of aliphatic carboxylic acids is 1. The number of carboxylic acids is 1. The van der Waals surface area contributed by atoms with Crippen LogP contribution in [0.2, 0.25) is 0 Å². The second-order valence-corrected chi connectivity index (χ2v) is 7.96. The van der Waals surface area contributed by atoms with Gasteiger partial charge in [0, 0.05) is 32.6 Å². The summed E-state index contributed by atoms with van der Waals surface area (Å²) in [6.45, 7) is 4.38. The average Bonchev–Trinajstić information content (AvgIpc) is 2.86. The molecule has 2 rings (SSSR count). The molecular formula is C13H24N2O4S. The number of piperidine rings is 1. The first kappa shape index (κ1) is 15.7. The Morgan fingerprint density at radius 3 is 2.35 bits per heavy atom. The fourth-order valence-electron chi connectivity index (χ4n) is 2.95. The standard InChI is InChI=1S/C13H24N2O4S/c1-11-4-7-14(8-5-11)20(18,19)15-9-6-12(10-15)2-3-13(16)17/h11-12H,2-10H2,1H3,(H,16,17). The smallest absolute Gasteiger partial charge is 0.303 e. The number of carbonyl (C=O) groups is 1. The van der Waals surface area contributed by atoms with Gasteiger partial charge >= 0.3 is 5.97 Å². The highest BCUT2D eigenvalue weighted by Crippen LogP contribution is 2.27.